The Labute approximate surface area is 126 Å². The van der Waals surface area contributed by atoms with Crippen LogP contribution in [0.3, 0.4) is 0 Å². The first-order chi connectivity index (χ1) is 10.5. The van der Waals surface area contributed by atoms with Gasteiger partial charge in [0.15, 0.2) is 5.43 Å². The molecule has 0 aliphatic carbocycles. The van der Waals surface area contributed by atoms with Gasteiger partial charge in [0.2, 0.25) is 0 Å². The third-order valence-electron chi connectivity index (χ3n) is 3.82. The summed E-state index contributed by atoms with van der Waals surface area (Å²) in [6, 6.07) is 5.40. The van der Waals surface area contributed by atoms with Crippen LogP contribution in [0.5, 0.6) is 17.4 Å². The van der Waals surface area contributed by atoms with E-state index >= 15 is 0 Å². The van der Waals surface area contributed by atoms with Crippen LogP contribution in [0.4, 0.5) is 0 Å². The molecule has 5 heteroatoms. The van der Waals surface area contributed by atoms with Crippen LogP contribution in [-0.2, 0) is 0 Å². The maximum atomic E-state index is 12.6. The average Bonchev–Trinajstić information content (AvgIpc) is 2.48. The van der Waals surface area contributed by atoms with E-state index in [0.717, 1.165) is 5.39 Å². The minimum Gasteiger partial charge on any atom is -0.496 e. The van der Waals surface area contributed by atoms with Crippen LogP contribution < -0.4 is 14.9 Å². The molecule has 3 aromatic rings. The van der Waals surface area contributed by atoms with E-state index in [1.807, 2.05) is 6.07 Å². The third kappa shape index (κ3) is 1.89. The van der Waals surface area contributed by atoms with Gasteiger partial charge in [-0.1, -0.05) is 0 Å². The highest BCUT2D eigenvalue weighted by Gasteiger charge is 2.19. The Morgan fingerprint density at radius 3 is 2.32 bits per heavy atom. The number of hydrogen-bond acceptors (Lipinski definition) is 5. The summed E-state index contributed by atoms with van der Waals surface area (Å²) in [7, 11) is 2.99. The van der Waals surface area contributed by atoms with E-state index in [0.29, 0.717) is 39.0 Å². The largest absolute Gasteiger partial charge is 0.496 e. The number of ether oxygens (including phenoxy) is 2. The van der Waals surface area contributed by atoms with E-state index in [1.165, 1.54) is 14.2 Å². The van der Waals surface area contributed by atoms with Crippen molar-refractivity contribution in [3.8, 4) is 17.4 Å². The minimum absolute atomic E-state index is 0.187. The maximum absolute atomic E-state index is 12.6. The Morgan fingerprint density at radius 2 is 1.68 bits per heavy atom. The first-order valence-electron chi connectivity index (χ1n) is 6.79. The van der Waals surface area contributed by atoms with Crippen molar-refractivity contribution in [2.45, 2.75) is 13.8 Å². The van der Waals surface area contributed by atoms with Crippen molar-refractivity contribution in [1.29, 1.82) is 0 Å². The summed E-state index contributed by atoms with van der Waals surface area (Å²) in [6.45, 7) is 3.44. The lowest BCUT2D eigenvalue weighted by Crippen LogP contribution is -2.09. The molecule has 0 bridgehead atoms. The monoisotopic (exact) mass is 300 g/mol. The summed E-state index contributed by atoms with van der Waals surface area (Å²) < 4.78 is 15.9. The Morgan fingerprint density at radius 1 is 1.00 bits per heavy atom. The SMILES string of the molecule is COc1cc2cc3cc(C)oc(O)c3c(OC)c2c(=O)c1C. The molecular weight excluding hydrogens is 284 g/mol. The van der Waals surface area contributed by atoms with Gasteiger partial charge in [0, 0.05) is 5.56 Å². The second-order valence-electron chi connectivity index (χ2n) is 5.17. The Hall–Kier alpha value is -2.69. The lowest BCUT2D eigenvalue weighted by molar-refractivity contribution is 0.318. The molecule has 5 nitrogen and oxygen atoms in total. The van der Waals surface area contributed by atoms with Crippen LogP contribution in [0, 0.1) is 13.8 Å². The van der Waals surface area contributed by atoms with Crippen molar-refractivity contribution in [3.05, 3.63) is 39.7 Å². The van der Waals surface area contributed by atoms with Crippen molar-refractivity contribution < 1.29 is 19.0 Å². The molecule has 3 rings (SSSR count). The molecule has 0 saturated carbocycles. The van der Waals surface area contributed by atoms with Gasteiger partial charge in [-0.3, -0.25) is 4.79 Å². The Kier molecular flexibility index (Phi) is 3.20. The highest BCUT2D eigenvalue weighted by atomic mass is 16.5. The topological polar surface area (TPSA) is 68.9 Å². The lowest BCUT2D eigenvalue weighted by atomic mass is 10.00. The molecule has 114 valence electrons. The number of methoxy groups -OCH3 is 2. The molecule has 0 aliphatic rings. The van der Waals surface area contributed by atoms with E-state index in [1.54, 1.807) is 26.0 Å². The molecular formula is C17H16O5. The summed E-state index contributed by atoms with van der Waals surface area (Å²) >= 11 is 0. The quantitative estimate of drug-likeness (QED) is 0.735. The number of benzene rings is 2. The summed E-state index contributed by atoms with van der Waals surface area (Å²) in [5.41, 5.74) is 0.310. The van der Waals surface area contributed by atoms with Gasteiger partial charge < -0.3 is 19.0 Å². The highest BCUT2D eigenvalue weighted by Crippen LogP contribution is 2.40. The molecule has 0 unspecified atom stereocenters. The molecule has 0 radical (unpaired) electrons. The molecule has 0 amide bonds. The van der Waals surface area contributed by atoms with Gasteiger partial charge in [0.1, 0.15) is 22.6 Å². The number of aromatic hydroxyl groups is 1. The summed E-state index contributed by atoms with van der Waals surface area (Å²) in [5.74, 6) is 1.14. The fourth-order valence-electron chi connectivity index (χ4n) is 2.80. The predicted molar refractivity (Wildman–Crippen MR) is 84.2 cm³/mol. The predicted octanol–water partition coefficient (Wildman–Crippen LogP) is 3.29. The van der Waals surface area contributed by atoms with Gasteiger partial charge >= 0.3 is 0 Å². The molecule has 0 fully saturated rings. The molecule has 1 N–H and O–H groups in total. The van der Waals surface area contributed by atoms with Gasteiger partial charge in [-0.25, -0.2) is 0 Å². The molecule has 0 atom stereocenters. The van der Waals surface area contributed by atoms with E-state index < -0.39 is 0 Å². The van der Waals surface area contributed by atoms with Gasteiger partial charge in [-0.15, -0.1) is 0 Å². The number of aryl methyl sites for hydroxylation is 1. The first kappa shape index (κ1) is 14.3. The van der Waals surface area contributed by atoms with Gasteiger partial charge in [0.25, 0.3) is 5.95 Å². The summed E-state index contributed by atoms with van der Waals surface area (Å²) in [5, 5.41) is 12.3. The Bertz CT molecular complexity index is 953. The molecule has 2 aromatic carbocycles. The fraction of sp³-hybridized carbons (Fsp3) is 0.235. The minimum atomic E-state index is -0.262. The molecule has 1 heterocycles. The van der Waals surface area contributed by atoms with Crippen molar-refractivity contribution in [3.63, 3.8) is 0 Å². The average molecular weight is 300 g/mol. The smallest absolute Gasteiger partial charge is 0.293 e. The van der Waals surface area contributed by atoms with Gasteiger partial charge in [-0.05, 0) is 42.8 Å². The van der Waals surface area contributed by atoms with Crippen LogP contribution in [0.15, 0.2) is 27.4 Å². The van der Waals surface area contributed by atoms with Crippen molar-refractivity contribution in [2.24, 2.45) is 0 Å². The molecule has 0 saturated heterocycles. The summed E-state index contributed by atoms with van der Waals surface area (Å²) in [4.78, 5) is 12.6. The molecule has 22 heavy (non-hydrogen) atoms. The third-order valence-corrected chi connectivity index (χ3v) is 3.82. The Balaban J connectivity index is 2.62. The fourth-order valence-corrected chi connectivity index (χ4v) is 2.80. The zero-order chi connectivity index (χ0) is 16.0. The number of hydrogen-bond donors (Lipinski definition) is 1. The zero-order valence-electron chi connectivity index (χ0n) is 12.8. The standard InChI is InChI=1S/C17H16O5/c1-8-5-10-6-11-7-12(20-3)9(2)15(18)13(11)16(21-4)14(10)17(19)22-8/h5-7,19H,1-4H3. The first-order valence-corrected chi connectivity index (χ1v) is 6.79. The van der Waals surface area contributed by atoms with Crippen LogP contribution in [-0.4, -0.2) is 19.3 Å². The molecule has 0 aliphatic heterocycles. The van der Waals surface area contributed by atoms with E-state index in [2.05, 4.69) is 0 Å². The van der Waals surface area contributed by atoms with E-state index in [4.69, 9.17) is 13.9 Å². The van der Waals surface area contributed by atoms with Crippen LogP contribution in [0.25, 0.3) is 21.5 Å². The van der Waals surface area contributed by atoms with Gasteiger partial charge in [-0.2, -0.15) is 0 Å². The van der Waals surface area contributed by atoms with Crippen molar-refractivity contribution >= 4 is 21.5 Å². The van der Waals surface area contributed by atoms with Crippen molar-refractivity contribution in [2.75, 3.05) is 14.2 Å². The molecule has 0 spiro atoms. The molecule has 1 aromatic heterocycles. The maximum Gasteiger partial charge on any atom is 0.293 e. The van der Waals surface area contributed by atoms with Gasteiger partial charge in [0.05, 0.1) is 19.6 Å². The van der Waals surface area contributed by atoms with E-state index in [-0.39, 0.29) is 11.4 Å². The lowest BCUT2D eigenvalue weighted by Gasteiger charge is -2.13. The number of rotatable bonds is 2. The second kappa shape index (κ2) is 4.94. The highest BCUT2D eigenvalue weighted by molar-refractivity contribution is 6.07. The van der Waals surface area contributed by atoms with Crippen LogP contribution in [0.2, 0.25) is 0 Å². The van der Waals surface area contributed by atoms with Crippen molar-refractivity contribution in [1.82, 2.24) is 0 Å². The van der Waals surface area contributed by atoms with Crippen LogP contribution >= 0.6 is 0 Å². The zero-order valence-corrected chi connectivity index (χ0v) is 12.8. The van der Waals surface area contributed by atoms with Crippen LogP contribution in [0.1, 0.15) is 11.3 Å². The second-order valence-corrected chi connectivity index (χ2v) is 5.17. The normalized spacial score (nSPS) is 11.1. The number of fused-ring (bicyclic) bond motifs is 2. The summed E-state index contributed by atoms with van der Waals surface area (Å²) in [6.07, 6.45) is 0. The van der Waals surface area contributed by atoms with E-state index in [9.17, 15) is 9.90 Å².